The van der Waals surface area contributed by atoms with Gasteiger partial charge in [0.15, 0.2) is 0 Å². The van der Waals surface area contributed by atoms with E-state index >= 15 is 0 Å². The second kappa shape index (κ2) is 6.48. The Kier molecular flexibility index (Phi) is 5.40. The molecule has 0 unspecified atom stereocenters. The number of pyridine rings is 1. The number of aromatic nitrogens is 1. The average molecular weight is 346 g/mol. The number of hydrogen-bond donors (Lipinski definition) is 2. The number of nitrogens with zero attached hydrogens (tertiary/aromatic N) is 1. The van der Waals surface area contributed by atoms with E-state index in [1.165, 1.54) is 0 Å². The molecule has 0 saturated heterocycles. The zero-order valence-electron chi connectivity index (χ0n) is 10.7. The number of rotatable bonds is 5. The van der Waals surface area contributed by atoms with E-state index in [0.29, 0.717) is 12.3 Å². The predicted molar refractivity (Wildman–Crippen MR) is 70.3 cm³/mol. The zero-order valence-corrected chi connectivity index (χ0v) is 12.2. The fraction of sp³-hybridized carbons (Fsp3) is 0.400. The number of hydrogen-bond acceptors (Lipinski definition) is 5. The smallest absolute Gasteiger partial charge is 0.368 e. The third-order valence-electron chi connectivity index (χ3n) is 2.11. The minimum Gasteiger partial charge on any atom is -0.368 e. The van der Waals surface area contributed by atoms with Crippen molar-refractivity contribution >= 4 is 33.3 Å². The van der Waals surface area contributed by atoms with E-state index in [-0.39, 0.29) is 23.8 Å². The van der Waals surface area contributed by atoms with Gasteiger partial charge in [-0.1, -0.05) is 11.6 Å². The number of carbonyl (C=O) groups excluding carboxylic acids is 1. The molecule has 0 radical (unpaired) electrons. The Morgan fingerprint density at radius 3 is 2.52 bits per heavy atom. The van der Waals surface area contributed by atoms with Crippen molar-refractivity contribution in [2.75, 3.05) is 18.1 Å². The third kappa shape index (κ3) is 6.17. The van der Waals surface area contributed by atoms with Gasteiger partial charge in [0, 0.05) is 19.2 Å². The van der Waals surface area contributed by atoms with Crippen LogP contribution in [0.2, 0.25) is 5.02 Å². The van der Waals surface area contributed by atoms with E-state index < -0.39 is 27.7 Å². The van der Waals surface area contributed by atoms with Crippen molar-refractivity contribution in [2.45, 2.75) is 12.6 Å². The molecule has 0 aliphatic heterocycles. The predicted octanol–water partition coefficient (Wildman–Crippen LogP) is 1.63. The third-order valence-corrected chi connectivity index (χ3v) is 3.00. The first kappa shape index (κ1) is 17.5. The van der Waals surface area contributed by atoms with Gasteiger partial charge in [-0.3, -0.25) is 9.52 Å². The SMILES string of the molecule is CS(=O)(=O)NC(=O)CCNc1ncc(C(F)(F)F)cc1Cl. The molecule has 1 amide bonds. The zero-order chi connectivity index (χ0) is 16.3. The highest BCUT2D eigenvalue weighted by Gasteiger charge is 2.31. The molecule has 118 valence electrons. The molecule has 0 bridgehead atoms. The van der Waals surface area contributed by atoms with E-state index in [0.717, 1.165) is 6.26 Å². The fourth-order valence-electron chi connectivity index (χ4n) is 1.28. The molecule has 1 rings (SSSR count). The van der Waals surface area contributed by atoms with Crippen LogP contribution in [0.15, 0.2) is 12.3 Å². The number of halogens is 4. The molecule has 0 atom stereocenters. The Hall–Kier alpha value is -1.55. The molecule has 1 heterocycles. The standard InChI is InChI=1S/C10H11ClF3N3O3S/c1-21(19,20)17-8(18)2-3-15-9-7(11)4-6(5-16-9)10(12,13)14/h4-5H,2-3H2,1H3,(H,15,16)(H,17,18). The highest BCUT2D eigenvalue weighted by atomic mass is 35.5. The summed E-state index contributed by atoms with van der Waals surface area (Å²) in [6.07, 6.45) is -3.34. The van der Waals surface area contributed by atoms with Crippen LogP contribution < -0.4 is 10.0 Å². The summed E-state index contributed by atoms with van der Waals surface area (Å²) in [5, 5.41) is 2.29. The Balaban J connectivity index is 2.59. The number of carbonyl (C=O) groups is 1. The van der Waals surface area contributed by atoms with Crippen LogP contribution >= 0.6 is 11.6 Å². The number of nitrogens with one attached hydrogen (secondary N) is 2. The first-order chi connectivity index (χ1) is 9.49. The van der Waals surface area contributed by atoms with Gasteiger partial charge >= 0.3 is 6.18 Å². The minimum absolute atomic E-state index is 0.0307. The molecule has 0 fully saturated rings. The molecule has 0 aromatic carbocycles. The topological polar surface area (TPSA) is 88.2 Å². The molecule has 11 heteroatoms. The van der Waals surface area contributed by atoms with Gasteiger partial charge in [-0.2, -0.15) is 13.2 Å². The monoisotopic (exact) mass is 345 g/mol. The maximum absolute atomic E-state index is 12.4. The number of alkyl halides is 3. The molecule has 0 aliphatic carbocycles. The lowest BCUT2D eigenvalue weighted by Gasteiger charge is -2.10. The van der Waals surface area contributed by atoms with E-state index in [1.807, 2.05) is 0 Å². The summed E-state index contributed by atoms with van der Waals surface area (Å²) < 4.78 is 60.4. The molecule has 6 nitrogen and oxygen atoms in total. The Bertz CT molecular complexity index is 634. The fourth-order valence-corrected chi connectivity index (χ4v) is 2.02. The van der Waals surface area contributed by atoms with Crippen LogP contribution in [0.4, 0.5) is 19.0 Å². The quantitative estimate of drug-likeness (QED) is 0.847. The van der Waals surface area contributed by atoms with Crippen molar-refractivity contribution in [3.63, 3.8) is 0 Å². The van der Waals surface area contributed by atoms with Gasteiger partial charge in [0.25, 0.3) is 0 Å². The molecule has 0 spiro atoms. The second-order valence-electron chi connectivity index (χ2n) is 4.03. The summed E-state index contributed by atoms with van der Waals surface area (Å²) in [7, 11) is -3.64. The van der Waals surface area contributed by atoms with Crippen LogP contribution in [-0.4, -0.2) is 32.1 Å². The summed E-state index contributed by atoms with van der Waals surface area (Å²) in [5.74, 6) is -0.787. The van der Waals surface area contributed by atoms with Crippen molar-refractivity contribution in [3.8, 4) is 0 Å². The highest BCUT2D eigenvalue weighted by molar-refractivity contribution is 7.89. The number of sulfonamides is 1. The molecular formula is C10H11ClF3N3O3S. The van der Waals surface area contributed by atoms with E-state index in [2.05, 4.69) is 10.3 Å². The largest absolute Gasteiger partial charge is 0.417 e. The van der Waals surface area contributed by atoms with Crippen molar-refractivity contribution in [3.05, 3.63) is 22.8 Å². The van der Waals surface area contributed by atoms with Gasteiger partial charge < -0.3 is 5.32 Å². The van der Waals surface area contributed by atoms with E-state index in [4.69, 9.17) is 11.6 Å². The van der Waals surface area contributed by atoms with E-state index in [1.54, 1.807) is 4.72 Å². The molecule has 0 saturated carbocycles. The van der Waals surface area contributed by atoms with Gasteiger partial charge in [0.05, 0.1) is 16.8 Å². The van der Waals surface area contributed by atoms with Gasteiger partial charge in [0.1, 0.15) is 5.82 Å². The van der Waals surface area contributed by atoms with Crippen LogP contribution in [0.1, 0.15) is 12.0 Å². The maximum atomic E-state index is 12.4. The van der Waals surface area contributed by atoms with Gasteiger partial charge in [-0.15, -0.1) is 0 Å². The first-order valence-electron chi connectivity index (χ1n) is 5.46. The molecule has 1 aromatic heterocycles. The normalized spacial score (nSPS) is 12.0. The number of anilines is 1. The summed E-state index contributed by atoms with van der Waals surface area (Å²) in [6, 6.07) is 0.702. The summed E-state index contributed by atoms with van der Waals surface area (Å²) in [4.78, 5) is 14.7. The second-order valence-corrected chi connectivity index (χ2v) is 6.18. The van der Waals surface area contributed by atoms with Crippen molar-refractivity contribution < 1.29 is 26.4 Å². The van der Waals surface area contributed by atoms with Crippen LogP contribution in [0.25, 0.3) is 0 Å². The Morgan fingerprint density at radius 2 is 2.05 bits per heavy atom. The summed E-state index contributed by atoms with van der Waals surface area (Å²) in [6.45, 7) is -0.0422. The Labute approximate surface area is 123 Å². The van der Waals surface area contributed by atoms with Gasteiger partial charge in [-0.05, 0) is 6.07 Å². The molecular weight excluding hydrogens is 335 g/mol. The van der Waals surface area contributed by atoms with Gasteiger partial charge in [-0.25, -0.2) is 13.4 Å². The summed E-state index contributed by atoms with van der Waals surface area (Å²) >= 11 is 5.64. The van der Waals surface area contributed by atoms with Crippen molar-refractivity contribution in [1.29, 1.82) is 0 Å². The minimum atomic E-state index is -4.55. The molecule has 21 heavy (non-hydrogen) atoms. The molecule has 0 aliphatic rings. The lowest BCUT2D eigenvalue weighted by Crippen LogP contribution is -2.30. The van der Waals surface area contributed by atoms with Gasteiger partial charge in [0.2, 0.25) is 15.9 Å². The van der Waals surface area contributed by atoms with Crippen LogP contribution in [0.3, 0.4) is 0 Å². The van der Waals surface area contributed by atoms with Crippen LogP contribution in [0.5, 0.6) is 0 Å². The summed E-state index contributed by atoms with van der Waals surface area (Å²) in [5.41, 5.74) is -0.993. The van der Waals surface area contributed by atoms with Crippen molar-refractivity contribution in [2.24, 2.45) is 0 Å². The maximum Gasteiger partial charge on any atom is 0.417 e. The number of amides is 1. The van der Waals surface area contributed by atoms with E-state index in [9.17, 15) is 26.4 Å². The average Bonchev–Trinajstić information content (AvgIpc) is 2.27. The first-order valence-corrected chi connectivity index (χ1v) is 7.73. The lowest BCUT2D eigenvalue weighted by molar-refractivity contribution is -0.137. The molecule has 2 N–H and O–H groups in total. The lowest BCUT2D eigenvalue weighted by atomic mass is 10.2. The van der Waals surface area contributed by atoms with Crippen LogP contribution in [0, 0.1) is 0 Å². The highest BCUT2D eigenvalue weighted by Crippen LogP contribution is 2.32. The Morgan fingerprint density at radius 1 is 1.43 bits per heavy atom. The molecule has 1 aromatic rings. The van der Waals surface area contributed by atoms with Crippen molar-refractivity contribution in [1.82, 2.24) is 9.71 Å². The van der Waals surface area contributed by atoms with Crippen LogP contribution in [-0.2, 0) is 21.0 Å².